The first-order valence-electron chi connectivity index (χ1n) is 21.0. The van der Waals surface area contributed by atoms with Crippen LogP contribution in [0.15, 0.2) is 168 Å². The lowest BCUT2D eigenvalue weighted by Crippen LogP contribution is -2.00. The Balaban J connectivity index is 1.32. The summed E-state index contributed by atoms with van der Waals surface area (Å²) >= 11 is 0. The Labute approximate surface area is 297 Å². The van der Waals surface area contributed by atoms with E-state index in [0.717, 1.165) is 21.5 Å². The maximum absolute atomic E-state index is 9.30. The van der Waals surface area contributed by atoms with Gasteiger partial charge in [0, 0.05) is 27.5 Å². The van der Waals surface area contributed by atoms with Gasteiger partial charge in [0.15, 0.2) is 17.5 Å². The maximum atomic E-state index is 9.30. The largest absolute Gasteiger partial charge is 0.456 e. The van der Waals surface area contributed by atoms with E-state index in [2.05, 4.69) is 0 Å². The predicted octanol–water partition coefficient (Wildman–Crippen LogP) is 11.9. The second kappa shape index (κ2) is 11.0. The average molecular weight is 637 g/mol. The first kappa shape index (κ1) is 18.6. The van der Waals surface area contributed by atoms with Gasteiger partial charge in [-0.05, 0) is 73.7 Å². The van der Waals surface area contributed by atoms with Crippen molar-refractivity contribution in [1.29, 1.82) is 0 Å². The molecule has 0 atom stereocenters. The highest BCUT2D eigenvalue weighted by atomic mass is 16.3. The fourth-order valence-corrected chi connectivity index (χ4v) is 6.32. The van der Waals surface area contributed by atoms with Crippen molar-refractivity contribution in [3.63, 3.8) is 0 Å². The molecule has 228 valence electrons. The van der Waals surface area contributed by atoms with Gasteiger partial charge in [0.25, 0.3) is 0 Å². The lowest BCUT2D eigenvalue weighted by molar-refractivity contribution is 0.669. The van der Waals surface area contributed by atoms with Crippen LogP contribution in [0.4, 0.5) is 0 Å². The minimum Gasteiger partial charge on any atom is -0.456 e. The minimum absolute atomic E-state index is 0.0211. The number of rotatable bonds is 4. The van der Waals surface area contributed by atoms with Gasteiger partial charge in [-0.2, -0.15) is 0 Å². The van der Waals surface area contributed by atoms with Gasteiger partial charge in [-0.15, -0.1) is 0 Å². The van der Waals surface area contributed by atoms with Crippen LogP contribution in [0, 0.1) is 0 Å². The summed E-state index contributed by atoms with van der Waals surface area (Å²) in [6.45, 7) is 0. The van der Waals surface area contributed by atoms with Crippen molar-refractivity contribution >= 4 is 54.3 Å². The van der Waals surface area contributed by atoms with E-state index in [4.69, 9.17) is 33.1 Å². The van der Waals surface area contributed by atoms with Crippen LogP contribution in [0.1, 0.15) is 15.1 Å². The van der Waals surface area contributed by atoms with Crippen molar-refractivity contribution in [3.05, 3.63) is 164 Å². The van der Waals surface area contributed by atoms with Crippen LogP contribution < -0.4 is 0 Å². The SMILES string of the molecule is [2H]c1cc(-c2nc(-c3ccc4ccccc4c3)nc(-c3c([2H])c([2H])c4c([2H])c([2H])c([2H])c([2H])c4c3[2H])n2)c2c(oc3c([2H])c([2H])c(-c4cccc5ccccc45)cc32)c1[2H]. The Morgan fingerprint density at radius 3 is 2.10 bits per heavy atom. The molecule has 0 radical (unpaired) electrons. The van der Waals surface area contributed by atoms with E-state index < -0.39 is 42.3 Å². The Morgan fingerprint density at radius 1 is 0.429 bits per heavy atom. The van der Waals surface area contributed by atoms with Crippen molar-refractivity contribution in [2.75, 3.05) is 0 Å². The van der Waals surface area contributed by atoms with E-state index in [9.17, 15) is 1.37 Å². The van der Waals surface area contributed by atoms with E-state index >= 15 is 0 Å². The standard InChI is InChI=1S/C45H27N3O/c1-3-12-31-25-34(21-19-28(31)9-1)43-46-44(35-22-20-29-10-2-4-13-32(29)26-35)48-45(47-43)38-17-8-18-41-42(38)39-27-33(23-24-40(39)49-41)37-16-7-14-30-11-5-6-15-36(30)37/h1-27H/i1D,3D,8D,9D,12D,18D,19D,21D,23D,24D,25D. The number of fused-ring (bicyclic) bond motifs is 6. The van der Waals surface area contributed by atoms with Crippen LogP contribution in [0.2, 0.25) is 0 Å². The zero-order chi connectivity index (χ0) is 41.9. The zero-order valence-corrected chi connectivity index (χ0v) is 25.5. The molecule has 0 aliphatic heterocycles. The summed E-state index contributed by atoms with van der Waals surface area (Å²) in [4.78, 5) is 14.4. The first-order chi connectivity index (χ1) is 28.8. The molecule has 0 saturated carbocycles. The molecule has 0 saturated heterocycles. The van der Waals surface area contributed by atoms with E-state index in [1.54, 1.807) is 12.1 Å². The van der Waals surface area contributed by atoms with E-state index in [-0.39, 0.29) is 80.1 Å². The minimum atomic E-state index is -0.600. The summed E-state index contributed by atoms with van der Waals surface area (Å²) in [7, 11) is 0. The molecule has 2 aromatic heterocycles. The second-order valence-corrected chi connectivity index (χ2v) is 11.6. The topological polar surface area (TPSA) is 51.8 Å². The molecule has 10 rings (SSSR count). The summed E-state index contributed by atoms with van der Waals surface area (Å²) < 4.78 is 103. The average Bonchev–Trinajstić information content (AvgIpc) is 3.65. The molecule has 0 fully saturated rings. The van der Waals surface area contributed by atoms with Crippen LogP contribution in [0.3, 0.4) is 0 Å². The number of nitrogens with zero attached hydrogens (tertiary/aromatic N) is 3. The van der Waals surface area contributed by atoms with E-state index in [1.165, 1.54) is 6.07 Å². The molecular weight excluding hydrogens is 599 g/mol. The van der Waals surface area contributed by atoms with Crippen molar-refractivity contribution in [2.24, 2.45) is 0 Å². The van der Waals surface area contributed by atoms with Gasteiger partial charge in [-0.1, -0.05) is 133 Å². The highest BCUT2D eigenvalue weighted by Gasteiger charge is 2.19. The van der Waals surface area contributed by atoms with Gasteiger partial charge in [-0.3, -0.25) is 0 Å². The van der Waals surface area contributed by atoms with Crippen LogP contribution in [0.5, 0.6) is 0 Å². The molecule has 0 amide bonds. The predicted molar refractivity (Wildman–Crippen MR) is 201 cm³/mol. The number of hydrogen-bond donors (Lipinski definition) is 0. The van der Waals surface area contributed by atoms with E-state index in [1.807, 2.05) is 78.9 Å². The van der Waals surface area contributed by atoms with Crippen LogP contribution in [-0.4, -0.2) is 15.0 Å². The van der Waals surface area contributed by atoms with Gasteiger partial charge in [0.2, 0.25) is 0 Å². The Hall–Kier alpha value is -6.65. The second-order valence-electron chi connectivity index (χ2n) is 11.6. The fraction of sp³-hybridized carbons (Fsp3) is 0. The van der Waals surface area contributed by atoms with Crippen molar-refractivity contribution < 1.29 is 19.5 Å². The lowest BCUT2D eigenvalue weighted by atomic mass is 9.96. The highest BCUT2D eigenvalue weighted by molar-refractivity contribution is 6.13. The third kappa shape index (κ3) is 4.65. The quantitative estimate of drug-likeness (QED) is 0.193. The summed E-state index contributed by atoms with van der Waals surface area (Å²) in [5, 5.41) is 3.72. The van der Waals surface area contributed by atoms with Crippen molar-refractivity contribution in [1.82, 2.24) is 15.0 Å². The molecule has 4 heteroatoms. The van der Waals surface area contributed by atoms with Gasteiger partial charge in [0.05, 0.1) is 15.1 Å². The van der Waals surface area contributed by atoms with Gasteiger partial charge < -0.3 is 4.42 Å². The zero-order valence-electron chi connectivity index (χ0n) is 36.5. The summed E-state index contributed by atoms with van der Waals surface area (Å²) in [6.07, 6.45) is 0. The molecular formula is C45H27N3O. The Morgan fingerprint density at radius 2 is 1.18 bits per heavy atom. The Kier molecular flexibility index (Phi) is 4.17. The Bertz CT molecular complexity index is 3530. The van der Waals surface area contributed by atoms with Crippen LogP contribution in [0.25, 0.3) is 99.5 Å². The molecule has 2 heterocycles. The molecule has 49 heavy (non-hydrogen) atoms. The third-order valence-corrected chi connectivity index (χ3v) is 8.65. The molecule has 8 aromatic carbocycles. The molecule has 0 unspecified atom stereocenters. The first-order valence-corrected chi connectivity index (χ1v) is 15.5. The van der Waals surface area contributed by atoms with Crippen molar-refractivity contribution in [2.45, 2.75) is 0 Å². The molecule has 0 aliphatic rings. The normalized spacial score (nSPS) is 14.8. The summed E-state index contributed by atoms with van der Waals surface area (Å²) in [6, 6.07) is 25.1. The smallest absolute Gasteiger partial charge is 0.164 e. The fourth-order valence-electron chi connectivity index (χ4n) is 6.32. The van der Waals surface area contributed by atoms with Gasteiger partial charge in [0.1, 0.15) is 11.2 Å². The number of furan rings is 1. The van der Waals surface area contributed by atoms with Gasteiger partial charge >= 0.3 is 0 Å². The number of aromatic nitrogens is 3. The monoisotopic (exact) mass is 636 g/mol. The third-order valence-electron chi connectivity index (χ3n) is 8.65. The van der Waals surface area contributed by atoms with Crippen molar-refractivity contribution in [3.8, 4) is 45.3 Å². The van der Waals surface area contributed by atoms with E-state index in [0.29, 0.717) is 22.1 Å². The molecule has 0 aliphatic carbocycles. The molecule has 0 N–H and O–H groups in total. The molecule has 4 nitrogen and oxygen atoms in total. The van der Waals surface area contributed by atoms with Gasteiger partial charge in [-0.25, -0.2) is 15.0 Å². The van der Waals surface area contributed by atoms with Crippen LogP contribution in [-0.2, 0) is 0 Å². The number of benzene rings is 8. The maximum Gasteiger partial charge on any atom is 0.164 e. The molecule has 10 aromatic rings. The molecule has 0 spiro atoms. The summed E-state index contributed by atoms with van der Waals surface area (Å²) in [5.41, 5.74) is 1.57. The lowest BCUT2D eigenvalue weighted by Gasteiger charge is -2.11. The van der Waals surface area contributed by atoms with Crippen LogP contribution >= 0.6 is 0 Å². The molecule has 0 bridgehead atoms. The number of hydrogen-bond acceptors (Lipinski definition) is 4. The highest BCUT2D eigenvalue weighted by Crippen LogP contribution is 2.39. The summed E-state index contributed by atoms with van der Waals surface area (Å²) in [5.74, 6) is -0.206.